The summed E-state index contributed by atoms with van der Waals surface area (Å²) in [6.07, 6.45) is 0. The minimum absolute atomic E-state index is 0.277. The first kappa shape index (κ1) is 19.9. The molecule has 26 heavy (non-hydrogen) atoms. The number of nitrogens with one attached hydrogen (secondary N) is 2. The molecule has 7 nitrogen and oxygen atoms in total. The van der Waals surface area contributed by atoms with Gasteiger partial charge in [-0.3, -0.25) is 4.79 Å². The van der Waals surface area contributed by atoms with Crippen LogP contribution in [0.2, 0.25) is 5.02 Å². The second-order valence-electron chi connectivity index (χ2n) is 6.20. The smallest absolute Gasteiger partial charge is 0.274 e. The molecule has 0 atom stereocenters. The molecule has 0 aliphatic heterocycles. The Morgan fingerprint density at radius 3 is 2.62 bits per heavy atom. The molecule has 2 aromatic rings. The number of aryl methyl sites for hydroxylation is 2. The van der Waals surface area contributed by atoms with Crippen molar-refractivity contribution in [1.82, 2.24) is 14.9 Å². The van der Waals surface area contributed by atoms with E-state index in [1.54, 1.807) is 18.2 Å². The number of hydrogen-bond donors (Lipinski definition) is 2. The van der Waals surface area contributed by atoms with Crippen LogP contribution in [0.4, 0.5) is 11.6 Å². The predicted octanol–water partition coefficient (Wildman–Crippen LogP) is 2.98. The molecule has 2 N–H and O–H groups in total. The number of anilines is 2. The van der Waals surface area contributed by atoms with Gasteiger partial charge in [-0.15, -0.1) is 0 Å². The van der Waals surface area contributed by atoms with Crippen LogP contribution < -0.4 is 15.4 Å². The highest BCUT2D eigenvalue weighted by Crippen LogP contribution is 2.31. The summed E-state index contributed by atoms with van der Waals surface area (Å²) in [6.45, 7) is 5.20. The van der Waals surface area contributed by atoms with Crippen molar-refractivity contribution in [1.29, 1.82) is 0 Å². The number of ether oxygens (including phenoxy) is 1. The van der Waals surface area contributed by atoms with Crippen LogP contribution in [0.25, 0.3) is 0 Å². The zero-order chi connectivity index (χ0) is 19.3. The molecule has 0 fully saturated rings. The summed E-state index contributed by atoms with van der Waals surface area (Å²) in [5.74, 6) is 0.575. The summed E-state index contributed by atoms with van der Waals surface area (Å²) in [5, 5.41) is 6.53. The second kappa shape index (κ2) is 8.82. The molecular weight excluding hydrogens is 354 g/mol. The standard InChI is InChI=1S/C18H24ClN5O2/c1-11-8-14(16(26-5)10-13(11)19)22-17(25)15-9-12(2)21-18(23-15)20-6-7-24(3)4/h8-10H,6-7H2,1-5H3,(H,22,25)(H,20,21,23). The third-order valence-electron chi connectivity index (χ3n) is 3.66. The molecule has 140 valence electrons. The third kappa shape index (κ3) is 5.31. The first-order valence-electron chi connectivity index (χ1n) is 8.20. The molecule has 8 heteroatoms. The average molecular weight is 378 g/mol. The van der Waals surface area contributed by atoms with Gasteiger partial charge in [0.15, 0.2) is 0 Å². The van der Waals surface area contributed by atoms with Crippen LogP contribution in [0.3, 0.4) is 0 Å². The van der Waals surface area contributed by atoms with Crippen molar-refractivity contribution in [3.8, 4) is 5.75 Å². The maximum Gasteiger partial charge on any atom is 0.274 e. The molecule has 0 spiro atoms. The highest BCUT2D eigenvalue weighted by Gasteiger charge is 2.14. The van der Waals surface area contributed by atoms with Gasteiger partial charge in [-0.1, -0.05) is 11.6 Å². The predicted molar refractivity (Wildman–Crippen MR) is 105 cm³/mol. The van der Waals surface area contributed by atoms with E-state index in [2.05, 4.69) is 20.6 Å². The van der Waals surface area contributed by atoms with Crippen LogP contribution in [0, 0.1) is 13.8 Å². The number of nitrogens with zero attached hydrogens (tertiary/aromatic N) is 3. The molecule has 0 radical (unpaired) electrons. The lowest BCUT2D eigenvalue weighted by Crippen LogP contribution is -2.22. The molecule has 1 heterocycles. The van der Waals surface area contributed by atoms with Crippen LogP contribution in [-0.2, 0) is 0 Å². The number of aromatic nitrogens is 2. The highest BCUT2D eigenvalue weighted by atomic mass is 35.5. The Bertz CT molecular complexity index is 795. The van der Waals surface area contributed by atoms with Gasteiger partial charge in [0.1, 0.15) is 11.4 Å². The van der Waals surface area contributed by atoms with Gasteiger partial charge in [-0.25, -0.2) is 9.97 Å². The fourth-order valence-electron chi connectivity index (χ4n) is 2.27. The van der Waals surface area contributed by atoms with Crippen molar-refractivity contribution >= 4 is 29.1 Å². The van der Waals surface area contributed by atoms with E-state index >= 15 is 0 Å². The van der Waals surface area contributed by atoms with Crippen LogP contribution in [0.1, 0.15) is 21.7 Å². The first-order chi connectivity index (χ1) is 12.3. The van der Waals surface area contributed by atoms with Crippen molar-refractivity contribution in [2.75, 3.05) is 44.9 Å². The van der Waals surface area contributed by atoms with Crippen molar-refractivity contribution in [2.24, 2.45) is 0 Å². The van der Waals surface area contributed by atoms with Crippen molar-refractivity contribution < 1.29 is 9.53 Å². The Labute approximate surface area is 158 Å². The van der Waals surface area contributed by atoms with Gasteiger partial charge < -0.3 is 20.3 Å². The second-order valence-corrected chi connectivity index (χ2v) is 6.61. The fraction of sp³-hybridized carbons (Fsp3) is 0.389. The Hall–Kier alpha value is -2.38. The number of carbonyl (C=O) groups is 1. The van der Waals surface area contributed by atoms with Gasteiger partial charge in [0.25, 0.3) is 5.91 Å². The number of benzene rings is 1. The van der Waals surface area contributed by atoms with Gasteiger partial charge in [0, 0.05) is 29.9 Å². The van der Waals surface area contributed by atoms with Crippen LogP contribution >= 0.6 is 11.6 Å². The normalized spacial score (nSPS) is 10.7. The number of methoxy groups -OCH3 is 1. The lowest BCUT2D eigenvalue weighted by molar-refractivity contribution is 0.102. The van der Waals surface area contributed by atoms with Crippen LogP contribution in [0.5, 0.6) is 5.75 Å². The molecule has 1 aromatic carbocycles. The van der Waals surface area contributed by atoms with E-state index in [9.17, 15) is 4.79 Å². The summed E-state index contributed by atoms with van der Waals surface area (Å²) in [5.41, 5.74) is 2.36. The van der Waals surface area contributed by atoms with E-state index in [1.807, 2.05) is 32.8 Å². The minimum atomic E-state index is -0.341. The zero-order valence-corrected chi connectivity index (χ0v) is 16.4. The van der Waals surface area contributed by atoms with Crippen molar-refractivity contribution in [2.45, 2.75) is 13.8 Å². The Kier molecular flexibility index (Phi) is 6.76. The number of likely N-dealkylation sites (N-methyl/N-ethyl adjacent to an activating group) is 1. The lowest BCUT2D eigenvalue weighted by Gasteiger charge is -2.13. The van der Waals surface area contributed by atoms with E-state index in [0.717, 1.165) is 12.1 Å². The zero-order valence-electron chi connectivity index (χ0n) is 15.7. The monoisotopic (exact) mass is 377 g/mol. The van der Waals surface area contributed by atoms with Gasteiger partial charge in [0.05, 0.1) is 12.8 Å². The number of amides is 1. The number of hydrogen-bond acceptors (Lipinski definition) is 6. The third-order valence-corrected chi connectivity index (χ3v) is 4.07. The minimum Gasteiger partial charge on any atom is -0.495 e. The van der Waals surface area contributed by atoms with Gasteiger partial charge >= 0.3 is 0 Å². The van der Waals surface area contributed by atoms with Gasteiger partial charge in [0.2, 0.25) is 5.95 Å². The van der Waals surface area contributed by atoms with Crippen molar-refractivity contribution in [3.63, 3.8) is 0 Å². The van der Waals surface area contributed by atoms with Crippen molar-refractivity contribution in [3.05, 3.63) is 40.2 Å². The maximum atomic E-state index is 12.6. The summed E-state index contributed by atoms with van der Waals surface area (Å²) < 4.78 is 5.29. The van der Waals surface area contributed by atoms with Gasteiger partial charge in [-0.05, 0) is 45.6 Å². The molecular formula is C18H24ClN5O2. The average Bonchev–Trinajstić information content (AvgIpc) is 2.57. The summed E-state index contributed by atoms with van der Waals surface area (Å²) >= 11 is 6.11. The van der Waals surface area contributed by atoms with E-state index < -0.39 is 0 Å². The molecule has 0 saturated heterocycles. The summed E-state index contributed by atoms with van der Waals surface area (Å²) in [4.78, 5) is 23.3. The molecule has 0 aliphatic rings. The number of rotatable bonds is 7. The Morgan fingerprint density at radius 2 is 1.96 bits per heavy atom. The Morgan fingerprint density at radius 1 is 1.23 bits per heavy atom. The van der Waals surface area contributed by atoms with E-state index in [-0.39, 0.29) is 11.6 Å². The molecule has 0 saturated carbocycles. The Balaban J connectivity index is 2.19. The van der Waals surface area contributed by atoms with E-state index in [0.29, 0.717) is 34.6 Å². The number of carbonyl (C=O) groups excluding carboxylic acids is 1. The first-order valence-corrected chi connectivity index (χ1v) is 8.57. The summed E-state index contributed by atoms with van der Waals surface area (Å²) in [7, 11) is 5.50. The van der Waals surface area contributed by atoms with E-state index in [1.165, 1.54) is 7.11 Å². The largest absolute Gasteiger partial charge is 0.495 e. The van der Waals surface area contributed by atoms with Gasteiger partial charge in [-0.2, -0.15) is 0 Å². The van der Waals surface area contributed by atoms with E-state index in [4.69, 9.17) is 16.3 Å². The number of halogens is 1. The van der Waals surface area contributed by atoms with Crippen LogP contribution in [-0.4, -0.2) is 55.1 Å². The molecule has 1 amide bonds. The maximum absolute atomic E-state index is 12.6. The molecule has 0 unspecified atom stereocenters. The fourth-order valence-corrected chi connectivity index (χ4v) is 2.43. The molecule has 1 aromatic heterocycles. The lowest BCUT2D eigenvalue weighted by atomic mass is 10.2. The molecule has 0 bridgehead atoms. The topological polar surface area (TPSA) is 79.4 Å². The summed E-state index contributed by atoms with van der Waals surface area (Å²) in [6, 6.07) is 5.08. The quantitative estimate of drug-likeness (QED) is 0.772. The molecule has 0 aliphatic carbocycles. The molecule has 2 rings (SSSR count). The highest BCUT2D eigenvalue weighted by molar-refractivity contribution is 6.31. The SMILES string of the molecule is COc1cc(Cl)c(C)cc1NC(=O)c1cc(C)nc(NCCN(C)C)n1. The van der Waals surface area contributed by atoms with Crippen LogP contribution in [0.15, 0.2) is 18.2 Å².